The highest BCUT2D eigenvalue weighted by atomic mass is 79.9. The van der Waals surface area contributed by atoms with Crippen molar-refractivity contribution in [3.8, 4) is 11.5 Å². The van der Waals surface area contributed by atoms with E-state index >= 15 is 0 Å². The summed E-state index contributed by atoms with van der Waals surface area (Å²) >= 11 is 3.30. The van der Waals surface area contributed by atoms with E-state index in [9.17, 15) is 4.79 Å². The van der Waals surface area contributed by atoms with Crippen LogP contribution >= 0.6 is 15.9 Å². The van der Waals surface area contributed by atoms with Crippen LogP contribution in [0.5, 0.6) is 11.5 Å². The SMILES string of the molecule is CC(C)(C)c1cccc(Oc2cc(Br)cc(C(=O)O)c2)c1. The first kappa shape index (κ1) is 15.6. The molecule has 0 aliphatic heterocycles. The Kier molecular flexibility index (Phi) is 4.37. The van der Waals surface area contributed by atoms with Crippen LogP contribution in [0.3, 0.4) is 0 Å². The highest BCUT2D eigenvalue weighted by Crippen LogP contribution is 2.30. The van der Waals surface area contributed by atoms with Crippen LogP contribution < -0.4 is 4.74 Å². The van der Waals surface area contributed by atoms with E-state index in [1.54, 1.807) is 12.1 Å². The summed E-state index contributed by atoms with van der Waals surface area (Å²) in [6, 6.07) is 12.6. The third kappa shape index (κ3) is 4.08. The van der Waals surface area contributed by atoms with E-state index in [1.807, 2.05) is 18.2 Å². The molecule has 2 rings (SSSR count). The number of aromatic carboxylic acids is 1. The maximum atomic E-state index is 11.1. The number of ether oxygens (including phenoxy) is 1. The second kappa shape index (κ2) is 5.90. The molecule has 0 aliphatic rings. The molecule has 2 aromatic rings. The van der Waals surface area contributed by atoms with Crippen LogP contribution in [0.1, 0.15) is 36.7 Å². The van der Waals surface area contributed by atoms with Crippen molar-refractivity contribution in [3.05, 3.63) is 58.1 Å². The fourth-order valence-electron chi connectivity index (χ4n) is 1.91. The molecular weight excluding hydrogens is 332 g/mol. The summed E-state index contributed by atoms with van der Waals surface area (Å²) in [5.41, 5.74) is 1.38. The van der Waals surface area contributed by atoms with Gasteiger partial charge >= 0.3 is 5.97 Å². The monoisotopic (exact) mass is 348 g/mol. The summed E-state index contributed by atoms with van der Waals surface area (Å²) < 4.78 is 6.46. The molecule has 0 unspecified atom stereocenters. The topological polar surface area (TPSA) is 46.5 Å². The highest BCUT2D eigenvalue weighted by Gasteiger charge is 2.14. The summed E-state index contributed by atoms with van der Waals surface area (Å²) in [5.74, 6) is 0.203. The van der Waals surface area contributed by atoms with E-state index in [1.165, 1.54) is 6.07 Å². The largest absolute Gasteiger partial charge is 0.478 e. The lowest BCUT2D eigenvalue weighted by atomic mass is 9.87. The van der Waals surface area contributed by atoms with Crippen LogP contribution in [0.15, 0.2) is 46.9 Å². The van der Waals surface area contributed by atoms with E-state index in [-0.39, 0.29) is 11.0 Å². The van der Waals surface area contributed by atoms with Crippen molar-refractivity contribution in [2.24, 2.45) is 0 Å². The van der Waals surface area contributed by atoms with Gasteiger partial charge in [-0.3, -0.25) is 0 Å². The maximum absolute atomic E-state index is 11.1. The minimum Gasteiger partial charge on any atom is -0.478 e. The van der Waals surface area contributed by atoms with Gasteiger partial charge in [0.2, 0.25) is 0 Å². The molecule has 4 heteroatoms. The third-order valence-corrected chi connectivity index (χ3v) is 3.51. The van der Waals surface area contributed by atoms with Crippen molar-refractivity contribution in [2.45, 2.75) is 26.2 Å². The minimum absolute atomic E-state index is 0.0306. The molecule has 0 heterocycles. The molecule has 2 aromatic carbocycles. The molecule has 0 amide bonds. The van der Waals surface area contributed by atoms with Crippen LogP contribution in [0, 0.1) is 0 Å². The van der Waals surface area contributed by atoms with Crippen molar-refractivity contribution in [1.29, 1.82) is 0 Å². The van der Waals surface area contributed by atoms with Crippen LogP contribution in [0.4, 0.5) is 0 Å². The first-order chi connectivity index (χ1) is 9.75. The fraction of sp³-hybridized carbons (Fsp3) is 0.235. The molecule has 21 heavy (non-hydrogen) atoms. The highest BCUT2D eigenvalue weighted by molar-refractivity contribution is 9.10. The Bertz CT molecular complexity index is 672. The zero-order valence-corrected chi connectivity index (χ0v) is 13.8. The summed E-state index contributed by atoms with van der Waals surface area (Å²) in [5, 5.41) is 9.07. The van der Waals surface area contributed by atoms with Gasteiger partial charge in [-0.1, -0.05) is 48.8 Å². The van der Waals surface area contributed by atoms with Crippen LogP contribution in [-0.4, -0.2) is 11.1 Å². The molecule has 1 N–H and O–H groups in total. The molecule has 0 fully saturated rings. The first-order valence-corrected chi connectivity index (χ1v) is 7.37. The summed E-state index contributed by atoms with van der Waals surface area (Å²) in [7, 11) is 0. The van der Waals surface area contributed by atoms with Crippen LogP contribution in [0.25, 0.3) is 0 Å². The number of hydrogen-bond acceptors (Lipinski definition) is 2. The summed E-state index contributed by atoms with van der Waals surface area (Å²) in [6.07, 6.45) is 0. The molecule has 0 atom stereocenters. The molecule has 0 aliphatic carbocycles. The van der Waals surface area contributed by atoms with Gasteiger partial charge in [-0.15, -0.1) is 0 Å². The predicted octanol–water partition coefficient (Wildman–Crippen LogP) is 5.24. The molecule has 0 aromatic heterocycles. The lowest BCUT2D eigenvalue weighted by Gasteiger charge is -2.19. The number of carboxylic acids is 1. The van der Waals surface area contributed by atoms with Crippen molar-refractivity contribution in [2.75, 3.05) is 0 Å². The van der Waals surface area contributed by atoms with Gasteiger partial charge in [0, 0.05) is 4.47 Å². The second-order valence-electron chi connectivity index (χ2n) is 5.86. The molecule has 110 valence electrons. The quantitative estimate of drug-likeness (QED) is 0.825. The van der Waals surface area contributed by atoms with Crippen molar-refractivity contribution in [1.82, 2.24) is 0 Å². The Morgan fingerprint density at radius 3 is 2.43 bits per heavy atom. The standard InChI is InChI=1S/C17H17BrO3/c1-17(2,3)12-5-4-6-14(9-12)21-15-8-11(16(19)20)7-13(18)10-15/h4-10H,1-3H3,(H,19,20). The van der Waals surface area contributed by atoms with E-state index in [0.717, 1.165) is 5.56 Å². The number of halogens is 1. The average Bonchev–Trinajstić information content (AvgIpc) is 2.37. The first-order valence-electron chi connectivity index (χ1n) is 6.58. The summed E-state index contributed by atoms with van der Waals surface area (Å²) in [4.78, 5) is 11.1. The van der Waals surface area contributed by atoms with Crippen molar-refractivity contribution < 1.29 is 14.6 Å². The Hall–Kier alpha value is -1.81. The van der Waals surface area contributed by atoms with E-state index in [4.69, 9.17) is 9.84 Å². The third-order valence-electron chi connectivity index (χ3n) is 3.05. The zero-order chi connectivity index (χ0) is 15.6. The molecule has 0 bridgehead atoms. The Balaban J connectivity index is 2.32. The molecule has 0 radical (unpaired) electrons. The molecule has 0 saturated heterocycles. The van der Waals surface area contributed by atoms with Gasteiger partial charge in [0.25, 0.3) is 0 Å². The van der Waals surface area contributed by atoms with Gasteiger partial charge in [-0.05, 0) is 41.3 Å². The molecular formula is C17H17BrO3. The molecule has 3 nitrogen and oxygen atoms in total. The normalized spacial score (nSPS) is 11.2. The molecule has 0 saturated carbocycles. The van der Waals surface area contributed by atoms with Crippen molar-refractivity contribution in [3.63, 3.8) is 0 Å². The smallest absolute Gasteiger partial charge is 0.335 e. The van der Waals surface area contributed by atoms with E-state index in [0.29, 0.717) is 16.0 Å². The number of benzene rings is 2. The van der Waals surface area contributed by atoms with Gasteiger partial charge in [-0.2, -0.15) is 0 Å². The number of hydrogen-bond donors (Lipinski definition) is 1. The van der Waals surface area contributed by atoms with Gasteiger partial charge in [0.1, 0.15) is 11.5 Å². The summed E-state index contributed by atoms with van der Waals surface area (Å²) in [6.45, 7) is 6.40. The molecule has 0 spiro atoms. The number of rotatable bonds is 3. The lowest BCUT2D eigenvalue weighted by molar-refractivity contribution is 0.0696. The van der Waals surface area contributed by atoms with Crippen LogP contribution in [-0.2, 0) is 5.41 Å². The Morgan fingerprint density at radius 2 is 1.81 bits per heavy atom. The second-order valence-corrected chi connectivity index (χ2v) is 6.78. The Labute approximate surface area is 132 Å². The zero-order valence-electron chi connectivity index (χ0n) is 12.2. The van der Waals surface area contributed by atoms with Gasteiger partial charge < -0.3 is 9.84 Å². The maximum Gasteiger partial charge on any atom is 0.335 e. The lowest BCUT2D eigenvalue weighted by Crippen LogP contribution is -2.10. The van der Waals surface area contributed by atoms with E-state index < -0.39 is 5.97 Å². The van der Waals surface area contributed by atoms with Crippen LogP contribution in [0.2, 0.25) is 0 Å². The number of carboxylic acid groups (broad SMARTS) is 1. The minimum atomic E-state index is -0.982. The van der Waals surface area contributed by atoms with Crippen molar-refractivity contribution >= 4 is 21.9 Å². The predicted molar refractivity (Wildman–Crippen MR) is 86.3 cm³/mol. The fourth-order valence-corrected chi connectivity index (χ4v) is 2.38. The average molecular weight is 349 g/mol. The number of carbonyl (C=O) groups is 1. The van der Waals surface area contributed by atoms with Gasteiger partial charge in [-0.25, -0.2) is 4.79 Å². The van der Waals surface area contributed by atoms with Gasteiger partial charge in [0.05, 0.1) is 5.56 Å². The van der Waals surface area contributed by atoms with Gasteiger partial charge in [0.15, 0.2) is 0 Å². The Morgan fingerprint density at radius 1 is 1.10 bits per heavy atom. The van der Waals surface area contributed by atoms with E-state index in [2.05, 4.69) is 42.8 Å².